The normalized spacial score (nSPS) is 17.7. The van der Waals surface area contributed by atoms with Crippen molar-refractivity contribution in [1.29, 1.82) is 0 Å². The Hall–Kier alpha value is -3.50. The molecule has 1 N–H and O–H groups in total. The van der Waals surface area contributed by atoms with Crippen LogP contribution in [0.1, 0.15) is 35.3 Å². The molecule has 0 atom stereocenters. The molecular formula is C27H29FN4O4S. The first-order valence-corrected chi connectivity index (χ1v) is 12.9. The van der Waals surface area contributed by atoms with Gasteiger partial charge in [0.05, 0.1) is 18.0 Å². The average molecular weight is 525 g/mol. The fraction of sp³-hybridized carbons (Fsp3) is 0.333. The summed E-state index contributed by atoms with van der Waals surface area (Å²) >= 11 is 0.837. The second-order valence-corrected chi connectivity index (χ2v) is 10.3. The minimum atomic E-state index is -0.431. The predicted molar refractivity (Wildman–Crippen MR) is 140 cm³/mol. The topological polar surface area (TPSA) is 90.0 Å². The second-order valence-electron chi connectivity index (χ2n) is 9.31. The van der Waals surface area contributed by atoms with Crippen LogP contribution in [0.5, 0.6) is 0 Å². The molecule has 10 heteroatoms. The number of piperazine rings is 1. The highest BCUT2D eigenvalue weighted by molar-refractivity contribution is 8.18. The molecule has 2 fully saturated rings. The van der Waals surface area contributed by atoms with Gasteiger partial charge in [-0.05, 0) is 67.1 Å². The fourth-order valence-corrected chi connectivity index (χ4v) is 5.03. The van der Waals surface area contributed by atoms with Crippen LogP contribution in [0.4, 0.5) is 9.18 Å². The van der Waals surface area contributed by atoms with E-state index in [0.717, 1.165) is 16.7 Å². The van der Waals surface area contributed by atoms with E-state index in [2.05, 4.69) is 5.32 Å². The van der Waals surface area contributed by atoms with E-state index in [-0.39, 0.29) is 29.3 Å². The Bertz CT molecular complexity index is 1220. The van der Waals surface area contributed by atoms with Crippen LogP contribution in [0.3, 0.4) is 0 Å². The highest BCUT2D eigenvalue weighted by Gasteiger charge is 2.35. The van der Waals surface area contributed by atoms with E-state index in [1.165, 1.54) is 18.2 Å². The number of amides is 4. The van der Waals surface area contributed by atoms with Crippen molar-refractivity contribution in [2.45, 2.75) is 26.4 Å². The number of thioether (sulfide) groups is 1. The highest BCUT2D eigenvalue weighted by atomic mass is 32.2. The van der Waals surface area contributed by atoms with Gasteiger partial charge in [-0.2, -0.15) is 0 Å². The first-order valence-electron chi connectivity index (χ1n) is 12.1. The molecule has 2 aromatic carbocycles. The van der Waals surface area contributed by atoms with Crippen molar-refractivity contribution >= 4 is 40.8 Å². The molecule has 2 heterocycles. The summed E-state index contributed by atoms with van der Waals surface area (Å²) in [6.07, 6.45) is 1.62. The first-order chi connectivity index (χ1) is 17.7. The summed E-state index contributed by atoms with van der Waals surface area (Å²) in [5.74, 6) is -0.963. The molecule has 2 aromatic rings. The van der Waals surface area contributed by atoms with Gasteiger partial charge in [-0.25, -0.2) is 4.39 Å². The molecule has 194 valence electrons. The number of rotatable bonds is 7. The maximum absolute atomic E-state index is 13.5. The van der Waals surface area contributed by atoms with Gasteiger partial charge < -0.3 is 10.2 Å². The third-order valence-electron chi connectivity index (χ3n) is 6.04. The maximum Gasteiger partial charge on any atom is 0.293 e. The van der Waals surface area contributed by atoms with Gasteiger partial charge in [0.25, 0.3) is 17.1 Å². The highest BCUT2D eigenvalue weighted by Crippen LogP contribution is 2.33. The number of nitrogens with zero attached hydrogens (tertiary/aromatic N) is 3. The lowest BCUT2D eigenvalue weighted by molar-refractivity contribution is -0.124. The van der Waals surface area contributed by atoms with Crippen molar-refractivity contribution in [1.82, 2.24) is 20.0 Å². The van der Waals surface area contributed by atoms with E-state index in [1.807, 2.05) is 18.7 Å². The Balaban J connectivity index is 1.33. The Kier molecular flexibility index (Phi) is 8.40. The quantitative estimate of drug-likeness (QED) is 0.559. The van der Waals surface area contributed by atoms with E-state index in [1.54, 1.807) is 41.3 Å². The van der Waals surface area contributed by atoms with Gasteiger partial charge in [0, 0.05) is 37.8 Å². The molecule has 0 aromatic heterocycles. The molecule has 2 aliphatic heterocycles. The standard InChI is InChI=1S/C27H29FN4O4S/c1-18(2)29-24(33)17-30-10-12-31(13-11-30)25(34)21-8-6-19(7-9-21)15-23-26(35)32(27(36)37-23)16-20-4-3-5-22(28)14-20/h3-9,14-15,18H,10-13,16-17H2,1-2H3,(H,29,33)/b23-15-. The number of hydrogen-bond donors (Lipinski definition) is 1. The number of carbonyl (C=O) groups excluding carboxylic acids is 4. The first kappa shape index (κ1) is 26.6. The summed E-state index contributed by atoms with van der Waals surface area (Å²) < 4.78 is 13.5. The van der Waals surface area contributed by atoms with E-state index in [0.29, 0.717) is 49.4 Å². The summed E-state index contributed by atoms with van der Waals surface area (Å²) in [5.41, 5.74) is 1.75. The largest absolute Gasteiger partial charge is 0.353 e. The molecule has 4 amide bonds. The number of benzene rings is 2. The van der Waals surface area contributed by atoms with Crippen LogP contribution in [0.15, 0.2) is 53.4 Å². The lowest BCUT2D eigenvalue weighted by Gasteiger charge is -2.34. The molecule has 37 heavy (non-hydrogen) atoms. The van der Waals surface area contributed by atoms with Gasteiger partial charge >= 0.3 is 0 Å². The third kappa shape index (κ3) is 6.84. The lowest BCUT2D eigenvalue weighted by Crippen LogP contribution is -2.51. The lowest BCUT2D eigenvalue weighted by atomic mass is 10.1. The Morgan fingerprint density at radius 1 is 1.05 bits per heavy atom. The van der Waals surface area contributed by atoms with Gasteiger partial charge in [-0.3, -0.25) is 29.0 Å². The zero-order valence-electron chi connectivity index (χ0n) is 20.8. The number of nitrogens with one attached hydrogen (secondary N) is 1. The summed E-state index contributed by atoms with van der Waals surface area (Å²) in [6.45, 7) is 6.49. The van der Waals surface area contributed by atoms with Gasteiger partial charge in [-0.15, -0.1) is 0 Å². The molecule has 4 rings (SSSR count). The molecule has 0 spiro atoms. The van der Waals surface area contributed by atoms with E-state index >= 15 is 0 Å². The summed E-state index contributed by atoms with van der Waals surface area (Å²) in [5, 5.41) is 2.47. The van der Waals surface area contributed by atoms with Crippen molar-refractivity contribution in [2.75, 3.05) is 32.7 Å². The van der Waals surface area contributed by atoms with Crippen molar-refractivity contribution < 1.29 is 23.6 Å². The van der Waals surface area contributed by atoms with Crippen molar-refractivity contribution in [3.8, 4) is 0 Å². The minimum absolute atomic E-state index is 0.00285. The number of halogens is 1. The summed E-state index contributed by atoms with van der Waals surface area (Å²) in [7, 11) is 0. The smallest absolute Gasteiger partial charge is 0.293 e. The maximum atomic E-state index is 13.5. The molecule has 2 aliphatic rings. The van der Waals surface area contributed by atoms with Crippen molar-refractivity contribution in [3.63, 3.8) is 0 Å². The average Bonchev–Trinajstić information content (AvgIpc) is 3.11. The van der Waals surface area contributed by atoms with Crippen molar-refractivity contribution in [2.24, 2.45) is 0 Å². The van der Waals surface area contributed by atoms with Crippen LogP contribution >= 0.6 is 11.8 Å². The second kappa shape index (κ2) is 11.7. The third-order valence-corrected chi connectivity index (χ3v) is 6.94. The van der Waals surface area contributed by atoms with E-state index < -0.39 is 17.0 Å². The molecule has 0 aliphatic carbocycles. The SMILES string of the molecule is CC(C)NC(=O)CN1CCN(C(=O)c2ccc(/C=C3\SC(=O)N(Cc4cccc(F)c4)C3=O)cc2)CC1. The van der Waals surface area contributed by atoms with E-state index in [4.69, 9.17) is 0 Å². The van der Waals surface area contributed by atoms with Crippen LogP contribution < -0.4 is 5.32 Å². The Morgan fingerprint density at radius 2 is 1.76 bits per heavy atom. The fourth-order valence-electron chi connectivity index (χ4n) is 4.19. The van der Waals surface area contributed by atoms with E-state index in [9.17, 15) is 23.6 Å². The van der Waals surface area contributed by atoms with Gasteiger partial charge in [-0.1, -0.05) is 24.3 Å². The predicted octanol–water partition coefficient (Wildman–Crippen LogP) is 3.34. The molecule has 8 nitrogen and oxygen atoms in total. The monoisotopic (exact) mass is 524 g/mol. The number of hydrogen-bond acceptors (Lipinski definition) is 6. The van der Waals surface area contributed by atoms with Crippen LogP contribution in [0.2, 0.25) is 0 Å². The van der Waals surface area contributed by atoms with Crippen LogP contribution in [0, 0.1) is 5.82 Å². The number of imide groups is 1. The zero-order chi connectivity index (χ0) is 26.5. The van der Waals surface area contributed by atoms with Gasteiger partial charge in [0.15, 0.2) is 0 Å². The van der Waals surface area contributed by atoms with Gasteiger partial charge in [0.1, 0.15) is 5.82 Å². The molecule has 0 radical (unpaired) electrons. The number of carbonyl (C=O) groups is 4. The molecule has 0 unspecified atom stereocenters. The van der Waals surface area contributed by atoms with Crippen LogP contribution in [-0.2, 0) is 16.1 Å². The van der Waals surface area contributed by atoms with Crippen LogP contribution in [-0.4, -0.2) is 76.4 Å². The Labute approximate surface area is 219 Å². The Morgan fingerprint density at radius 3 is 2.41 bits per heavy atom. The molecular weight excluding hydrogens is 495 g/mol. The summed E-state index contributed by atoms with van der Waals surface area (Å²) in [6, 6.07) is 12.8. The molecule has 0 bridgehead atoms. The summed E-state index contributed by atoms with van der Waals surface area (Å²) in [4.78, 5) is 55.2. The zero-order valence-corrected chi connectivity index (χ0v) is 21.6. The molecule has 0 saturated carbocycles. The van der Waals surface area contributed by atoms with Gasteiger partial charge in [0.2, 0.25) is 5.91 Å². The van der Waals surface area contributed by atoms with Crippen molar-refractivity contribution in [3.05, 3.63) is 75.9 Å². The van der Waals surface area contributed by atoms with Crippen LogP contribution in [0.25, 0.3) is 6.08 Å². The minimum Gasteiger partial charge on any atom is -0.353 e. The molecule has 2 saturated heterocycles.